The summed E-state index contributed by atoms with van der Waals surface area (Å²) in [5.74, 6) is 0.877. The number of hydrogen-bond donors (Lipinski definition) is 2. The Balaban J connectivity index is 1.24. The molecule has 0 bridgehead atoms. The molecular formula is C40H45F2N5O7. The lowest BCUT2D eigenvalue weighted by Crippen LogP contribution is -2.54. The molecule has 54 heavy (non-hydrogen) atoms. The van der Waals surface area contributed by atoms with Crippen LogP contribution in [0.25, 0.3) is 32.9 Å². The van der Waals surface area contributed by atoms with Gasteiger partial charge >= 0.3 is 6.01 Å². The molecule has 1 unspecified atom stereocenters. The number of aliphatic hydroxyl groups is 1. The van der Waals surface area contributed by atoms with Crippen LogP contribution >= 0.6 is 0 Å². The molecule has 12 nitrogen and oxygen atoms in total. The van der Waals surface area contributed by atoms with Crippen LogP contribution in [0.3, 0.4) is 0 Å². The number of halogens is 2. The van der Waals surface area contributed by atoms with Crippen LogP contribution in [0.5, 0.6) is 17.6 Å². The van der Waals surface area contributed by atoms with Gasteiger partial charge in [0.15, 0.2) is 5.82 Å². The standard InChI is InChI=1S/C40H45F2N5O7/c1-4-27-29(41)9-8-24-17-25(48)18-28(31(24)27)34-33(42)35-32(37(43-34)50-3)36(47-13-14-52-22-39(2,49)21-47)45-38(44-35)54-23-40-10-5-7-30(40)46(12-6-11-40)19-26-20-51-15-16-53-26/h1,8-9,17-18,26,30,48-49H,5-7,10-16,19-23H2,2-3H3/t26?,30-,39+,40-/m1/s1. The van der Waals surface area contributed by atoms with E-state index in [1.165, 1.54) is 31.4 Å². The zero-order valence-corrected chi connectivity index (χ0v) is 30.6. The van der Waals surface area contributed by atoms with Crippen molar-refractivity contribution in [1.82, 2.24) is 19.9 Å². The summed E-state index contributed by atoms with van der Waals surface area (Å²) in [7, 11) is 1.39. The Kier molecular flexibility index (Phi) is 9.95. The van der Waals surface area contributed by atoms with Gasteiger partial charge < -0.3 is 38.8 Å². The Morgan fingerprint density at radius 1 is 1.06 bits per heavy atom. The van der Waals surface area contributed by atoms with Crippen LogP contribution in [0, 0.1) is 29.4 Å². The van der Waals surface area contributed by atoms with Crippen molar-refractivity contribution >= 4 is 27.5 Å². The third-order valence-electron chi connectivity index (χ3n) is 11.3. The van der Waals surface area contributed by atoms with Crippen molar-refractivity contribution in [3.05, 3.63) is 41.5 Å². The van der Waals surface area contributed by atoms with Crippen LogP contribution in [-0.4, -0.2) is 121 Å². The van der Waals surface area contributed by atoms with Gasteiger partial charge in [-0.3, -0.25) is 4.90 Å². The number of ether oxygens (including phenoxy) is 5. The van der Waals surface area contributed by atoms with Crippen molar-refractivity contribution in [2.75, 3.05) is 77.8 Å². The number of aromatic hydroxyl groups is 1. The monoisotopic (exact) mass is 745 g/mol. The number of hydrogen-bond acceptors (Lipinski definition) is 12. The van der Waals surface area contributed by atoms with Gasteiger partial charge in [-0.05, 0) is 62.7 Å². The van der Waals surface area contributed by atoms with Gasteiger partial charge in [0.1, 0.15) is 39.6 Å². The first-order valence-electron chi connectivity index (χ1n) is 18.6. The van der Waals surface area contributed by atoms with Crippen molar-refractivity contribution in [3.8, 4) is 41.2 Å². The Labute approximate surface area is 312 Å². The number of aromatic nitrogens is 3. The van der Waals surface area contributed by atoms with Gasteiger partial charge in [-0.1, -0.05) is 18.4 Å². The molecule has 4 aromatic rings. The van der Waals surface area contributed by atoms with Gasteiger partial charge in [0.05, 0.1) is 65.0 Å². The molecule has 8 rings (SSSR count). The van der Waals surface area contributed by atoms with E-state index < -0.39 is 17.2 Å². The van der Waals surface area contributed by atoms with Crippen molar-refractivity contribution in [2.24, 2.45) is 5.41 Å². The number of anilines is 1. The molecule has 3 aliphatic heterocycles. The average Bonchev–Trinajstić information content (AvgIpc) is 3.52. The molecule has 4 fully saturated rings. The summed E-state index contributed by atoms with van der Waals surface area (Å²) in [6.45, 7) is 6.34. The number of fused-ring (bicyclic) bond motifs is 3. The summed E-state index contributed by atoms with van der Waals surface area (Å²) in [6.07, 6.45) is 10.8. The molecule has 2 N–H and O–H groups in total. The molecule has 2 aromatic carbocycles. The van der Waals surface area contributed by atoms with Crippen LogP contribution in [0.4, 0.5) is 14.6 Å². The Morgan fingerprint density at radius 3 is 2.70 bits per heavy atom. The molecule has 0 amide bonds. The van der Waals surface area contributed by atoms with Crippen LogP contribution in [0.1, 0.15) is 44.6 Å². The van der Waals surface area contributed by atoms with Gasteiger partial charge in [0.2, 0.25) is 5.88 Å². The van der Waals surface area contributed by atoms with E-state index in [9.17, 15) is 10.2 Å². The predicted octanol–water partition coefficient (Wildman–Crippen LogP) is 4.84. The third kappa shape index (κ3) is 6.77. The number of piperidine rings is 1. The highest BCUT2D eigenvalue weighted by atomic mass is 19.1. The first kappa shape index (κ1) is 36.6. The Morgan fingerprint density at radius 2 is 1.91 bits per heavy atom. The van der Waals surface area contributed by atoms with E-state index in [4.69, 9.17) is 35.1 Å². The van der Waals surface area contributed by atoms with E-state index in [2.05, 4.69) is 20.8 Å². The van der Waals surface area contributed by atoms with Crippen LogP contribution in [-0.2, 0) is 14.2 Å². The van der Waals surface area contributed by atoms with Crippen molar-refractivity contribution < 1.29 is 42.7 Å². The highest BCUT2D eigenvalue weighted by Crippen LogP contribution is 2.49. The lowest BCUT2D eigenvalue weighted by Gasteiger charge is -2.47. The molecule has 2 aromatic heterocycles. The van der Waals surface area contributed by atoms with Crippen molar-refractivity contribution in [1.29, 1.82) is 0 Å². The van der Waals surface area contributed by atoms with E-state index >= 15 is 8.78 Å². The summed E-state index contributed by atoms with van der Waals surface area (Å²) in [6, 6.07) is 5.60. The molecule has 0 spiro atoms. The number of nitrogens with zero attached hydrogens (tertiary/aromatic N) is 5. The van der Waals surface area contributed by atoms with Gasteiger partial charge in [0, 0.05) is 35.5 Å². The maximum absolute atomic E-state index is 17.3. The minimum absolute atomic E-state index is 0.0193. The van der Waals surface area contributed by atoms with E-state index in [0.717, 1.165) is 45.2 Å². The quantitative estimate of drug-likeness (QED) is 0.240. The number of β-amino-alcohol motifs (C(OH)–C–C–N with tert-alkyl or cyclic N) is 1. The van der Waals surface area contributed by atoms with Crippen LogP contribution < -0.4 is 14.4 Å². The number of likely N-dealkylation sites (tertiary alicyclic amines) is 1. The normalized spacial score (nSPS) is 26.4. The molecule has 286 valence electrons. The molecule has 4 aliphatic rings. The average molecular weight is 746 g/mol. The summed E-state index contributed by atoms with van der Waals surface area (Å²) in [4.78, 5) is 18.4. The third-order valence-corrected chi connectivity index (χ3v) is 11.3. The maximum Gasteiger partial charge on any atom is 0.319 e. The highest BCUT2D eigenvalue weighted by molar-refractivity contribution is 6.04. The van der Waals surface area contributed by atoms with Crippen LogP contribution in [0.15, 0.2) is 24.3 Å². The van der Waals surface area contributed by atoms with Crippen LogP contribution in [0.2, 0.25) is 0 Å². The van der Waals surface area contributed by atoms with Gasteiger partial charge in [-0.15, -0.1) is 6.42 Å². The zero-order chi connectivity index (χ0) is 37.6. The first-order valence-corrected chi connectivity index (χ1v) is 18.6. The van der Waals surface area contributed by atoms with Gasteiger partial charge in [0.25, 0.3) is 0 Å². The summed E-state index contributed by atoms with van der Waals surface area (Å²) >= 11 is 0. The summed E-state index contributed by atoms with van der Waals surface area (Å²) in [5, 5.41) is 22.6. The molecule has 14 heteroatoms. The topological polar surface area (TPSA) is 132 Å². The molecule has 4 atom stereocenters. The largest absolute Gasteiger partial charge is 0.508 e. The number of terminal acetylenes is 1. The molecule has 1 aliphatic carbocycles. The minimum Gasteiger partial charge on any atom is -0.508 e. The smallest absolute Gasteiger partial charge is 0.319 e. The molecule has 0 radical (unpaired) electrons. The maximum atomic E-state index is 17.3. The van der Waals surface area contributed by atoms with E-state index in [0.29, 0.717) is 38.4 Å². The minimum atomic E-state index is -1.25. The number of rotatable bonds is 8. The zero-order valence-electron chi connectivity index (χ0n) is 30.6. The van der Waals surface area contributed by atoms with Crippen molar-refractivity contribution in [3.63, 3.8) is 0 Å². The van der Waals surface area contributed by atoms with E-state index in [1.807, 2.05) is 0 Å². The fraction of sp³-hybridized carbons (Fsp3) is 0.525. The molecule has 3 saturated heterocycles. The molecule has 5 heterocycles. The number of phenolic OH excluding ortho intramolecular Hbond substituents is 1. The number of phenols is 1. The predicted molar refractivity (Wildman–Crippen MR) is 197 cm³/mol. The number of pyridine rings is 1. The lowest BCUT2D eigenvalue weighted by atomic mass is 9.75. The van der Waals surface area contributed by atoms with Gasteiger partial charge in [-0.25, -0.2) is 13.8 Å². The molecule has 1 saturated carbocycles. The van der Waals surface area contributed by atoms with E-state index in [1.54, 1.807) is 11.8 Å². The highest BCUT2D eigenvalue weighted by Gasteiger charge is 2.49. The van der Waals surface area contributed by atoms with Gasteiger partial charge in [-0.2, -0.15) is 9.97 Å². The fourth-order valence-corrected chi connectivity index (χ4v) is 9.00. The Hall–Kier alpha value is -4.39. The second kappa shape index (κ2) is 14.7. The fourth-order valence-electron chi connectivity index (χ4n) is 9.00. The summed E-state index contributed by atoms with van der Waals surface area (Å²) in [5.41, 5.74) is -1.86. The first-order chi connectivity index (χ1) is 26.1. The second-order valence-electron chi connectivity index (χ2n) is 15.2. The number of methoxy groups -OCH3 is 1. The molecular weight excluding hydrogens is 700 g/mol. The van der Waals surface area contributed by atoms with E-state index in [-0.39, 0.29) is 93.9 Å². The lowest BCUT2D eigenvalue weighted by molar-refractivity contribution is -0.111. The SMILES string of the molecule is C#Cc1c(F)ccc2cc(O)cc(-c3nc(OC)c4c(N5CCOC[C@@](C)(O)C5)nc(OC[C@]56CCC[C@H]5N(CC5COCCO5)CCC6)nc4c3F)c12. The number of benzene rings is 2. The Bertz CT molecular complexity index is 2110. The summed E-state index contributed by atoms with van der Waals surface area (Å²) < 4.78 is 62.1. The van der Waals surface area contributed by atoms with Crippen molar-refractivity contribution in [2.45, 2.75) is 56.8 Å². The second-order valence-corrected chi connectivity index (χ2v) is 15.2.